The molecule has 0 aliphatic heterocycles. The van der Waals surface area contributed by atoms with Gasteiger partial charge in [0.1, 0.15) is 8.07 Å². The van der Waals surface area contributed by atoms with Crippen LogP contribution in [0.4, 0.5) is 0 Å². The van der Waals surface area contributed by atoms with Crippen molar-refractivity contribution < 1.29 is 21.7 Å². The van der Waals surface area contributed by atoms with Crippen LogP contribution in [0.25, 0.3) is 66.8 Å². The van der Waals surface area contributed by atoms with Crippen molar-refractivity contribution in [3.05, 3.63) is 260 Å². The first-order chi connectivity index (χ1) is 31.0. The summed E-state index contributed by atoms with van der Waals surface area (Å²) in [7, 11) is -3.37. The van der Waals surface area contributed by atoms with E-state index in [1.165, 1.54) is 93.1 Å². The summed E-state index contributed by atoms with van der Waals surface area (Å²) in [5.74, 6) is 0.296. The van der Waals surface area contributed by atoms with Gasteiger partial charge in [0.2, 0.25) is 0 Å². The fraction of sp³-hybridized carbons (Fsp3) is 0.0645. The first-order valence-electron chi connectivity index (χ1n) is 22.2. The third-order valence-electron chi connectivity index (χ3n) is 12.6. The van der Waals surface area contributed by atoms with Gasteiger partial charge in [-0.2, -0.15) is 11.6 Å². The Hall–Kier alpha value is -5.74. The van der Waals surface area contributed by atoms with Gasteiger partial charge in [-0.1, -0.05) is 238 Å². The van der Waals surface area contributed by atoms with Gasteiger partial charge in [0, 0.05) is 21.7 Å². The standard InChI is InChI=1S/C62H49Si.3ClH.Ti/c1-45(2)61-34-21-35-62(61)63(58-39-52(46-22-9-3-10-23-46)36-53(40-58)47-24-11-4-12-25-47,59-41-54(48-26-13-5-14-27-48)37-55(42-59)49-28-15-6-16-29-49)60-43-56(50-30-17-7-18-31-50)38-57(44-60)51-32-19-8-20-33-51;;;;/h3-20,22-34,36-45H,21H2,1-2H3;3*1H;/q-1;;;;. The molecule has 0 spiro atoms. The summed E-state index contributed by atoms with van der Waals surface area (Å²) in [6.07, 6.45) is 7.41. The van der Waals surface area contributed by atoms with Crippen molar-refractivity contribution in [2.45, 2.75) is 20.3 Å². The van der Waals surface area contributed by atoms with E-state index in [2.05, 4.69) is 263 Å². The molecule has 0 fully saturated rings. The molecule has 0 unspecified atom stereocenters. The van der Waals surface area contributed by atoms with E-state index in [4.69, 9.17) is 0 Å². The van der Waals surface area contributed by atoms with Crippen LogP contribution in [0.3, 0.4) is 0 Å². The Labute approximate surface area is 431 Å². The molecule has 0 amide bonds. The summed E-state index contributed by atoms with van der Waals surface area (Å²) < 4.78 is 0. The van der Waals surface area contributed by atoms with Crippen LogP contribution in [0, 0.1) is 12.0 Å². The molecule has 0 N–H and O–H groups in total. The Morgan fingerprint density at radius 3 is 0.761 bits per heavy atom. The second-order valence-corrected chi connectivity index (χ2v) is 20.6. The zero-order valence-corrected chi connectivity index (χ0v) is 42.6. The third kappa shape index (κ3) is 10.4. The molecule has 0 bridgehead atoms. The first-order valence-corrected chi connectivity index (χ1v) is 24.2. The maximum atomic E-state index is 4.17. The van der Waals surface area contributed by atoms with Gasteiger partial charge in [-0.25, -0.2) is 5.20 Å². The summed E-state index contributed by atoms with van der Waals surface area (Å²) in [5, 5.41) is 5.38. The summed E-state index contributed by atoms with van der Waals surface area (Å²) in [5.41, 5.74) is 15.9. The first kappa shape index (κ1) is 50.7. The molecule has 9 aromatic carbocycles. The Bertz CT molecular complexity index is 2600. The fourth-order valence-corrected chi connectivity index (χ4v) is 14.9. The fourth-order valence-electron chi connectivity index (χ4n) is 9.59. The van der Waals surface area contributed by atoms with Gasteiger partial charge >= 0.3 is 0 Å². The van der Waals surface area contributed by atoms with Crippen LogP contribution in [0.2, 0.25) is 0 Å². The van der Waals surface area contributed by atoms with Gasteiger partial charge < -0.3 is 0 Å². The average Bonchev–Trinajstić information content (AvgIpc) is 3.87. The van der Waals surface area contributed by atoms with E-state index in [1.54, 1.807) is 0 Å². The zero-order chi connectivity index (χ0) is 42.6. The van der Waals surface area contributed by atoms with Crippen molar-refractivity contribution in [2.75, 3.05) is 0 Å². The molecule has 1 aliphatic rings. The molecule has 9 aromatic rings. The molecule has 67 heavy (non-hydrogen) atoms. The van der Waals surface area contributed by atoms with Crippen molar-refractivity contribution in [3.8, 4) is 66.8 Å². The van der Waals surface area contributed by atoms with Crippen molar-refractivity contribution in [1.82, 2.24) is 0 Å². The van der Waals surface area contributed by atoms with Gasteiger partial charge in [0.05, 0.1) is 0 Å². The maximum Gasteiger partial charge on any atom is 0.144 e. The molecular formula is C62H52Cl3SiTi-. The van der Waals surface area contributed by atoms with Crippen molar-refractivity contribution in [2.24, 2.45) is 5.92 Å². The summed E-state index contributed by atoms with van der Waals surface area (Å²) in [4.78, 5) is 0. The molecule has 0 saturated heterocycles. The second kappa shape index (κ2) is 22.8. The van der Waals surface area contributed by atoms with E-state index >= 15 is 0 Å². The van der Waals surface area contributed by atoms with Crippen molar-refractivity contribution >= 4 is 60.9 Å². The molecule has 0 saturated carbocycles. The van der Waals surface area contributed by atoms with Crippen LogP contribution in [-0.2, 0) is 21.7 Å². The maximum absolute atomic E-state index is 4.17. The van der Waals surface area contributed by atoms with Gasteiger partial charge in [0.25, 0.3) is 0 Å². The summed E-state index contributed by atoms with van der Waals surface area (Å²) in [6.45, 7) is 4.72. The molecule has 330 valence electrons. The third-order valence-corrected chi connectivity index (χ3v) is 17.3. The zero-order valence-electron chi connectivity index (χ0n) is 37.6. The molecule has 1 aliphatic carbocycles. The number of benzene rings is 9. The molecule has 5 heteroatoms. The van der Waals surface area contributed by atoms with Gasteiger partial charge in [-0.05, 0) is 101 Å². The molecule has 0 heterocycles. The smallest absolute Gasteiger partial charge is 0.144 e. The Kier molecular flexibility index (Phi) is 17.3. The minimum absolute atomic E-state index is 0. The predicted molar refractivity (Wildman–Crippen MR) is 293 cm³/mol. The van der Waals surface area contributed by atoms with Gasteiger partial charge in [-0.15, -0.1) is 43.6 Å². The van der Waals surface area contributed by atoms with Crippen molar-refractivity contribution in [3.63, 3.8) is 0 Å². The van der Waals surface area contributed by atoms with Crippen LogP contribution in [0.5, 0.6) is 0 Å². The Morgan fingerprint density at radius 2 is 0.552 bits per heavy atom. The van der Waals surface area contributed by atoms with Crippen LogP contribution < -0.4 is 15.6 Å². The number of allylic oxidation sites excluding steroid dienone is 4. The minimum Gasteiger partial charge on any atom is -0.272 e. The van der Waals surface area contributed by atoms with E-state index in [0.29, 0.717) is 5.92 Å². The quantitative estimate of drug-likeness (QED) is 0.0688. The molecule has 0 radical (unpaired) electrons. The number of halogens is 3. The van der Waals surface area contributed by atoms with E-state index in [1.807, 2.05) is 0 Å². The SMILES string of the molecule is CC(C)C1=CC[C-]=C1[Si](c1cc(-c2ccccc2)cc(-c2ccccc2)c1)(c1cc(-c2ccccc2)cc(-c2ccccc2)c1)c1cc(-c2ccccc2)cc(-c2ccccc2)c1.Cl.Cl.Cl.[Ti]. The number of hydrogen-bond acceptors (Lipinski definition) is 0. The topological polar surface area (TPSA) is 0 Å². The predicted octanol–water partition coefficient (Wildman–Crippen LogP) is 15.7. The largest absolute Gasteiger partial charge is 0.272 e. The summed E-state index contributed by atoms with van der Waals surface area (Å²) >= 11 is 0. The van der Waals surface area contributed by atoms with E-state index < -0.39 is 8.07 Å². The number of rotatable bonds is 11. The molecular weight excluding hydrogens is 927 g/mol. The van der Waals surface area contributed by atoms with Crippen molar-refractivity contribution in [1.29, 1.82) is 0 Å². The van der Waals surface area contributed by atoms with E-state index in [9.17, 15) is 0 Å². The van der Waals surface area contributed by atoms with Crippen LogP contribution in [0.15, 0.2) is 253 Å². The van der Waals surface area contributed by atoms with Gasteiger partial charge in [-0.3, -0.25) is 6.08 Å². The minimum atomic E-state index is -3.37. The Morgan fingerprint density at radius 1 is 0.328 bits per heavy atom. The molecule has 0 nitrogen and oxygen atoms in total. The number of hydrogen-bond donors (Lipinski definition) is 0. The molecule has 10 rings (SSSR count). The second-order valence-electron chi connectivity index (χ2n) is 16.9. The van der Waals surface area contributed by atoms with Crippen LogP contribution in [0.1, 0.15) is 20.3 Å². The Balaban J connectivity index is 0.00000185. The monoisotopic (exact) mass is 977 g/mol. The molecule has 0 atom stereocenters. The van der Waals surface area contributed by atoms with Gasteiger partial charge in [0.15, 0.2) is 0 Å². The van der Waals surface area contributed by atoms with Crippen LogP contribution in [-0.4, -0.2) is 8.07 Å². The summed E-state index contributed by atoms with van der Waals surface area (Å²) in [6, 6.07) is 88.0. The van der Waals surface area contributed by atoms with E-state index in [-0.39, 0.29) is 58.9 Å². The van der Waals surface area contributed by atoms with Crippen LogP contribution >= 0.6 is 37.2 Å². The van der Waals surface area contributed by atoms with E-state index in [0.717, 1.165) is 6.42 Å². The molecule has 0 aromatic heterocycles. The normalized spacial score (nSPS) is 11.8. The average molecular weight is 979 g/mol.